The number of rotatable bonds is 2. The second-order valence-electron chi connectivity index (χ2n) is 7.42. The molecule has 0 radical (unpaired) electrons. The van der Waals surface area contributed by atoms with Crippen LogP contribution in [0, 0.1) is 5.92 Å². The topological polar surface area (TPSA) is 45.7 Å². The highest BCUT2D eigenvalue weighted by atomic mass is 32.1. The van der Waals surface area contributed by atoms with Gasteiger partial charge < -0.3 is 14.5 Å². The molecule has 5 nitrogen and oxygen atoms in total. The number of fused-ring (bicyclic) bond motifs is 2. The molecule has 1 aromatic heterocycles. The Morgan fingerprint density at radius 3 is 2.68 bits per heavy atom. The Bertz CT molecular complexity index is 961. The summed E-state index contributed by atoms with van der Waals surface area (Å²) in [6, 6.07) is 16.3. The van der Waals surface area contributed by atoms with Crippen LogP contribution in [0.3, 0.4) is 0 Å². The quantitative estimate of drug-likeness (QED) is 0.668. The number of piperazine rings is 1. The number of nitrogens with zero attached hydrogens (tertiary/aromatic N) is 3. The summed E-state index contributed by atoms with van der Waals surface area (Å²) in [6.07, 6.45) is 1.55. The maximum Gasteiger partial charge on any atom is 0.226 e. The van der Waals surface area contributed by atoms with Crippen LogP contribution in [0.5, 0.6) is 5.75 Å². The van der Waals surface area contributed by atoms with Crippen molar-refractivity contribution in [2.45, 2.75) is 12.8 Å². The van der Waals surface area contributed by atoms with Crippen LogP contribution in [-0.4, -0.2) is 48.6 Å². The summed E-state index contributed by atoms with van der Waals surface area (Å²) in [5, 5.41) is 1.06. The van der Waals surface area contributed by atoms with E-state index in [1.807, 2.05) is 29.2 Å². The number of hydrogen-bond donors (Lipinski definition) is 0. The number of amides is 1. The van der Waals surface area contributed by atoms with E-state index < -0.39 is 0 Å². The molecule has 0 bridgehead atoms. The fraction of sp³-hybridized carbons (Fsp3) is 0.364. The lowest BCUT2D eigenvalue weighted by molar-refractivity contribution is -0.136. The third-order valence-corrected chi connectivity index (χ3v) is 6.75. The van der Waals surface area contributed by atoms with Gasteiger partial charge in [0.2, 0.25) is 5.91 Å². The molecule has 6 heteroatoms. The van der Waals surface area contributed by atoms with Gasteiger partial charge in [0, 0.05) is 32.1 Å². The number of hydrogen-bond acceptors (Lipinski definition) is 5. The first kappa shape index (κ1) is 17.5. The van der Waals surface area contributed by atoms with Gasteiger partial charge >= 0.3 is 0 Å². The highest BCUT2D eigenvalue weighted by molar-refractivity contribution is 7.22. The van der Waals surface area contributed by atoms with Gasteiger partial charge in [0.1, 0.15) is 5.75 Å². The van der Waals surface area contributed by atoms with Crippen LogP contribution in [0.2, 0.25) is 0 Å². The Hall–Kier alpha value is -2.60. The number of anilines is 1. The van der Waals surface area contributed by atoms with Gasteiger partial charge in [-0.1, -0.05) is 41.7 Å². The molecule has 1 fully saturated rings. The van der Waals surface area contributed by atoms with Crippen molar-refractivity contribution in [2.24, 2.45) is 5.92 Å². The van der Waals surface area contributed by atoms with Gasteiger partial charge in [-0.05, 0) is 36.6 Å². The largest absolute Gasteiger partial charge is 0.493 e. The Morgan fingerprint density at radius 1 is 1.04 bits per heavy atom. The Kier molecular flexibility index (Phi) is 4.64. The van der Waals surface area contributed by atoms with Crippen molar-refractivity contribution in [3.63, 3.8) is 0 Å². The minimum Gasteiger partial charge on any atom is -0.493 e. The van der Waals surface area contributed by atoms with Crippen molar-refractivity contribution in [1.82, 2.24) is 9.88 Å². The third-order valence-electron chi connectivity index (χ3n) is 5.66. The van der Waals surface area contributed by atoms with E-state index >= 15 is 0 Å². The van der Waals surface area contributed by atoms with E-state index in [0.29, 0.717) is 6.61 Å². The lowest BCUT2D eigenvalue weighted by Gasteiger charge is -2.36. The standard InChI is InChI=1S/C22H23N3O2S/c26-21(17-9-14-27-19-7-3-1-5-16(19)15-17)24-10-12-25(13-11-24)22-23-18-6-2-4-8-20(18)28-22/h1-8,17H,9-15H2/t17-/m0/s1. The predicted molar refractivity (Wildman–Crippen MR) is 112 cm³/mol. The van der Waals surface area contributed by atoms with E-state index in [2.05, 4.69) is 29.2 Å². The lowest BCUT2D eigenvalue weighted by atomic mass is 9.95. The van der Waals surface area contributed by atoms with E-state index in [9.17, 15) is 4.79 Å². The molecule has 0 aliphatic carbocycles. The molecule has 0 spiro atoms. The van der Waals surface area contributed by atoms with Crippen LogP contribution in [0.15, 0.2) is 48.5 Å². The molecular formula is C22H23N3O2S. The molecule has 2 aromatic carbocycles. The first-order valence-corrected chi connectivity index (χ1v) is 10.7. The summed E-state index contributed by atoms with van der Waals surface area (Å²) in [4.78, 5) is 22.2. The molecule has 1 atom stereocenters. The summed E-state index contributed by atoms with van der Waals surface area (Å²) in [5.41, 5.74) is 2.20. The minimum atomic E-state index is 0.0117. The normalized spacial score (nSPS) is 19.8. The average Bonchev–Trinajstić information content (AvgIpc) is 3.06. The monoisotopic (exact) mass is 393 g/mol. The molecule has 3 heterocycles. The molecule has 5 rings (SSSR count). The molecule has 1 saturated heterocycles. The van der Waals surface area contributed by atoms with Gasteiger partial charge in [-0.25, -0.2) is 4.98 Å². The van der Waals surface area contributed by atoms with Crippen molar-refractivity contribution in [1.29, 1.82) is 0 Å². The van der Waals surface area contributed by atoms with E-state index in [4.69, 9.17) is 9.72 Å². The Morgan fingerprint density at radius 2 is 1.82 bits per heavy atom. The second kappa shape index (κ2) is 7.43. The molecule has 0 N–H and O–H groups in total. The van der Waals surface area contributed by atoms with Crippen LogP contribution < -0.4 is 9.64 Å². The fourth-order valence-electron chi connectivity index (χ4n) is 4.07. The zero-order chi connectivity index (χ0) is 18.9. The van der Waals surface area contributed by atoms with Gasteiger partial charge in [0.05, 0.1) is 16.8 Å². The number of thiazole rings is 1. The number of para-hydroxylation sites is 2. The smallest absolute Gasteiger partial charge is 0.226 e. The van der Waals surface area contributed by atoms with Crippen LogP contribution in [0.25, 0.3) is 10.2 Å². The molecule has 0 saturated carbocycles. The maximum atomic E-state index is 13.1. The first-order chi connectivity index (χ1) is 13.8. The summed E-state index contributed by atoms with van der Waals surface area (Å²) in [7, 11) is 0. The zero-order valence-electron chi connectivity index (χ0n) is 15.7. The van der Waals surface area contributed by atoms with E-state index in [0.717, 1.165) is 61.0 Å². The Balaban J connectivity index is 1.24. The highest BCUT2D eigenvalue weighted by Crippen LogP contribution is 2.30. The van der Waals surface area contributed by atoms with Crippen molar-refractivity contribution < 1.29 is 9.53 Å². The number of carbonyl (C=O) groups excluding carboxylic acids is 1. The molecule has 28 heavy (non-hydrogen) atoms. The molecule has 144 valence electrons. The maximum absolute atomic E-state index is 13.1. The Labute approximate surface area is 168 Å². The fourth-order valence-corrected chi connectivity index (χ4v) is 5.09. The summed E-state index contributed by atoms with van der Waals surface area (Å²) in [6.45, 7) is 3.80. The molecular weight excluding hydrogens is 370 g/mol. The second-order valence-corrected chi connectivity index (χ2v) is 8.43. The average molecular weight is 394 g/mol. The number of ether oxygens (including phenoxy) is 1. The summed E-state index contributed by atoms with van der Waals surface area (Å²) < 4.78 is 7.05. The molecule has 2 aliphatic heterocycles. The molecule has 3 aromatic rings. The number of benzene rings is 2. The van der Waals surface area contributed by atoms with Gasteiger partial charge in [0.25, 0.3) is 0 Å². The molecule has 2 aliphatic rings. The van der Waals surface area contributed by atoms with Crippen molar-refractivity contribution in [3.8, 4) is 5.75 Å². The van der Waals surface area contributed by atoms with E-state index in [-0.39, 0.29) is 11.8 Å². The zero-order valence-corrected chi connectivity index (χ0v) is 16.5. The predicted octanol–water partition coefficient (Wildman–Crippen LogP) is 3.59. The van der Waals surface area contributed by atoms with Crippen LogP contribution >= 0.6 is 11.3 Å². The van der Waals surface area contributed by atoms with E-state index in [1.165, 1.54) is 4.70 Å². The van der Waals surface area contributed by atoms with Crippen LogP contribution in [0.4, 0.5) is 5.13 Å². The first-order valence-electron chi connectivity index (χ1n) is 9.88. The van der Waals surface area contributed by atoms with Gasteiger partial charge in [-0.3, -0.25) is 4.79 Å². The van der Waals surface area contributed by atoms with Crippen molar-refractivity contribution in [3.05, 3.63) is 54.1 Å². The van der Waals surface area contributed by atoms with Crippen molar-refractivity contribution >= 4 is 32.6 Å². The van der Waals surface area contributed by atoms with Gasteiger partial charge in [0.15, 0.2) is 5.13 Å². The van der Waals surface area contributed by atoms with E-state index in [1.54, 1.807) is 11.3 Å². The minimum absolute atomic E-state index is 0.0117. The lowest BCUT2D eigenvalue weighted by Crippen LogP contribution is -2.50. The summed E-state index contributed by atoms with van der Waals surface area (Å²) in [5.74, 6) is 1.21. The number of carbonyl (C=O) groups is 1. The van der Waals surface area contributed by atoms with Gasteiger partial charge in [-0.2, -0.15) is 0 Å². The molecule has 0 unspecified atom stereocenters. The highest BCUT2D eigenvalue weighted by Gasteiger charge is 2.30. The summed E-state index contributed by atoms with van der Waals surface area (Å²) >= 11 is 1.73. The van der Waals surface area contributed by atoms with Gasteiger partial charge in [-0.15, -0.1) is 0 Å². The van der Waals surface area contributed by atoms with Crippen LogP contribution in [-0.2, 0) is 11.2 Å². The third kappa shape index (κ3) is 3.33. The number of aromatic nitrogens is 1. The van der Waals surface area contributed by atoms with Crippen molar-refractivity contribution in [2.75, 3.05) is 37.7 Å². The van der Waals surface area contributed by atoms with Crippen LogP contribution in [0.1, 0.15) is 12.0 Å². The molecule has 1 amide bonds. The SMILES string of the molecule is O=C([C@H]1CCOc2ccccc2C1)N1CCN(c2nc3ccccc3s2)CC1.